The first kappa shape index (κ1) is 21.4. The third-order valence-corrected chi connectivity index (χ3v) is 5.23. The van der Waals surface area contributed by atoms with E-state index in [9.17, 15) is 18.0 Å². The number of alkyl halides is 3. The Kier molecular flexibility index (Phi) is 5.33. The summed E-state index contributed by atoms with van der Waals surface area (Å²) in [5, 5.41) is 3.55. The minimum absolute atomic E-state index is 0.0316. The van der Waals surface area contributed by atoms with E-state index in [4.69, 9.17) is 5.73 Å². The molecule has 6 nitrogen and oxygen atoms in total. The zero-order valence-electron chi connectivity index (χ0n) is 17.4. The highest BCUT2D eigenvalue weighted by Crippen LogP contribution is 2.35. The molecule has 1 amide bonds. The first-order valence-corrected chi connectivity index (χ1v) is 9.76. The first-order valence-electron chi connectivity index (χ1n) is 9.76. The third-order valence-electron chi connectivity index (χ3n) is 5.23. The van der Waals surface area contributed by atoms with Gasteiger partial charge < -0.3 is 15.6 Å². The average Bonchev–Trinajstić information content (AvgIpc) is 3.05. The number of hydrogen-bond donors (Lipinski definition) is 2. The Labute approximate surface area is 181 Å². The van der Waals surface area contributed by atoms with E-state index in [2.05, 4.69) is 15.3 Å². The highest BCUT2D eigenvalue weighted by Gasteiger charge is 2.30. The van der Waals surface area contributed by atoms with Crippen LogP contribution in [0.2, 0.25) is 0 Å². The molecule has 0 saturated heterocycles. The number of halogens is 3. The lowest BCUT2D eigenvalue weighted by molar-refractivity contribution is -0.137. The molecule has 0 aliphatic heterocycles. The normalized spacial score (nSPS) is 11.7. The van der Waals surface area contributed by atoms with Crippen molar-refractivity contribution in [3.05, 3.63) is 71.7 Å². The van der Waals surface area contributed by atoms with Crippen LogP contribution in [-0.2, 0) is 24.4 Å². The van der Waals surface area contributed by atoms with E-state index >= 15 is 0 Å². The van der Waals surface area contributed by atoms with Crippen LogP contribution in [-0.4, -0.2) is 20.4 Å². The van der Waals surface area contributed by atoms with Crippen molar-refractivity contribution in [1.82, 2.24) is 14.5 Å². The molecule has 164 valence electrons. The van der Waals surface area contributed by atoms with E-state index in [1.54, 1.807) is 6.07 Å². The number of nitrogens with two attached hydrogens (primary N) is 1. The van der Waals surface area contributed by atoms with Gasteiger partial charge in [-0.1, -0.05) is 18.2 Å². The van der Waals surface area contributed by atoms with Crippen LogP contribution in [0.5, 0.6) is 0 Å². The maximum absolute atomic E-state index is 12.7. The van der Waals surface area contributed by atoms with Gasteiger partial charge in [-0.15, -0.1) is 0 Å². The van der Waals surface area contributed by atoms with Crippen molar-refractivity contribution in [1.29, 1.82) is 0 Å². The standard InChI is InChI=1S/C23H20F3N5O/c1-13-9-16(30-19(32)10-14-3-5-15(6-4-14)23(24,25)26)7-8-17(13)18-11-31(2)22-20(18)21(27)28-12-29-22/h3-9,11-12H,10H2,1-2H3,(H,30,32)(H2,27,28,29). The first-order chi connectivity index (χ1) is 15.1. The second kappa shape index (κ2) is 7.99. The molecule has 4 rings (SSSR count). The fourth-order valence-electron chi connectivity index (χ4n) is 3.68. The van der Waals surface area contributed by atoms with E-state index in [1.165, 1.54) is 18.5 Å². The summed E-state index contributed by atoms with van der Waals surface area (Å²) < 4.78 is 39.9. The Balaban J connectivity index is 1.52. The number of benzene rings is 2. The Morgan fingerprint density at radius 1 is 1.09 bits per heavy atom. The molecular weight excluding hydrogens is 419 g/mol. The van der Waals surface area contributed by atoms with Gasteiger partial charge in [0.25, 0.3) is 0 Å². The summed E-state index contributed by atoms with van der Waals surface area (Å²) in [5.74, 6) is 0.0682. The molecule has 0 fully saturated rings. The molecule has 0 saturated carbocycles. The Morgan fingerprint density at radius 3 is 2.47 bits per heavy atom. The van der Waals surface area contributed by atoms with Gasteiger partial charge in [0.05, 0.1) is 17.4 Å². The maximum Gasteiger partial charge on any atom is 0.416 e. The molecular formula is C23H20F3N5O. The predicted octanol–water partition coefficient (Wildman–Crippen LogP) is 4.73. The molecule has 0 unspecified atom stereocenters. The van der Waals surface area contributed by atoms with E-state index in [0.717, 1.165) is 39.9 Å². The molecule has 0 bridgehead atoms. The van der Waals surface area contributed by atoms with Crippen molar-refractivity contribution in [2.45, 2.75) is 19.5 Å². The molecule has 9 heteroatoms. The van der Waals surface area contributed by atoms with Crippen LogP contribution in [0.4, 0.5) is 24.7 Å². The predicted molar refractivity (Wildman–Crippen MR) is 117 cm³/mol. The van der Waals surface area contributed by atoms with E-state index in [1.807, 2.05) is 36.9 Å². The molecule has 4 aromatic rings. The summed E-state index contributed by atoms with van der Waals surface area (Å²) in [5.41, 5.74) is 9.87. The van der Waals surface area contributed by atoms with Gasteiger partial charge in [-0.2, -0.15) is 13.2 Å². The second-order valence-corrected chi connectivity index (χ2v) is 7.56. The van der Waals surface area contributed by atoms with Crippen LogP contribution in [0.1, 0.15) is 16.7 Å². The van der Waals surface area contributed by atoms with Crippen molar-refractivity contribution in [3.63, 3.8) is 0 Å². The number of rotatable bonds is 4. The quantitative estimate of drug-likeness (QED) is 0.482. The van der Waals surface area contributed by atoms with Gasteiger partial charge in [0.15, 0.2) is 0 Å². The largest absolute Gasteiger partial charge is 0.416 e. The summed E-state index contributed by atoms with van der Waals surface area (Å²) in [4.78, 5) is 20.8. The molecule has 0 spiro atoms. The van der Waals surface area contributed by atoms with Gasteiger partial charge in [0.2, 0.25) is 5.91 Å². The monoisotopic (exact) mass is 439 g/mol. The van der Waals surface area contributed by atoms with Crippen molar-refractivity contribution >= 4 is 28.4 Å². The summed E-state index contributed by atoms with van der Waals surface area (Å²) >= 11 is 0. The number of hydrogen-bond acceptors (Lipinski definition) is 4. The Hall–Kier alpha value is -3.88. The minimum atomic E-state index is -4.40. The van der Waals surface area contributed by atoms with Gasteiger partial charge in [-0.05, 0) is 47.9 Å². The number of aromatic nitrogens is 3. The summed E-state index contributed by atoms with van der Waals surface area (Å²) in [6.07, 6.45) is -1.08. The van der Waals surface area contributed by atoms with E-state index in [-0.39, 0.29) is 12.3 Å². The van der Waals surface area contributed by atoms with Crippen molar-refractivity contribution < 1.29 is 18.0 Å². The molecule has 32 heavy (non-hydrogen) atoms. The number of aryl methyl sites for hydroxylation is 2. The Bertz CT molecular complexity index is 1310. The van der Waals surface area contributed by atoms with Gasteiger partial charge in [0, 0.05) is 24.5 Å². The van der Waals surface area contributed by atoms with Crippen LogP contribution in [0.25, 0.3) is 22.2 Å². The van der Waals surface area contributed by atoms with Crippen LogP contribution in [0.3, 0.4) is 0 Å². The molecule has 0 radical (unpaired) electrons. The van der Waals surface area contributed by atoms with E-state index < -0.39 is 11.7 Å². The lowest BCUT2D eigenvalue weighted by Gasteiger charge is -2.11. The second-order valence-electron chi connectivity index (χ2n) is 7.56. The SMILES string of the molecule is Cc1cc(NC(=O)Cc2ccc(C(F)(F)F)cc2)ccc1-c1cn(C)c2ncnc(N)c12. The minimum Gasteiger partial charge on any atom is -0.383 e. The third kappa shape index (κ3) is 4.14. The smallest absolute Gasteiger partial charge is 0.383 e. The zero-order valence-corrected chi connectivity index (χ0v) is 17.4. The molecule has 3 N–H and O–H groups in total. The molecule has 0 atom stereocenters. The number of carbonyl (C=O) groups excluding carboxylic acids is 1. The zero-order chi connectivity index (χ0) is 23.0. The molecule has 2 aromatic carbocycles. The maximum atomic E-state index is 12.7. The topological polar surface area (TPSA) is 85.8 Å². The molecule has 0 aliphatic rings. The number of nitrogens with one attached hydrogen (secondary N) is 1. The van der Waals surface area contributed by atoms with Crippen molar-refractivity contribution in [3.8, 4) is 11.1 Å². The highest BCUT2D eigenvalue weighted by molar-refractivity contribution is 6.01. The molecule has 2 aromatic heterocycles. The lowest BCUT2D eigenvalue weighted by Crippen LogP contribution is -2.14. The number of nitrogens with zero attached hydrogens (tertiary/aromatic N) is 3. The number of fused-ring (bicyclic) bond motifs is 1. The number of nitrogen functional groups attached to an aromatic ring is 1. The number of amides is 1. The van der Waals surface area contributed by atoms with Crippen LogP contribution in [0, 0.1) is 6.92 Å². The highest BCUT2D eigenvalue weighted by atomic mass is 19.4. The van der Waals surface area contributed by atoms with Crippen molar-refractivity contribution in [2.75, 3.05) is 11.1 Å². The van der Waals surface area contributed by atoms with E-state index in [0.29, 0.717) is 17.1 Å². The van der Waals surface area contributed by atoms with Gasteiger partial charge in [-0.3, -0.25) is 4.79 Å². The summed E-state index contributed by atoms with van der Waals surface area (Å²) in [6.45, 7) is 1.92. The van der Waals surface area contributed by atoms with Crippen LogP contribution >= 0.6 is 0 Å². The Morgan fingerprint density at radius 2 is 1.81 bits per heavy atom. The summed E-state index contributed by atoms with van der Waals surface area (Å²) in [6, 6.07) is 10.0. The number of carbonyl (C=O) groups is 1. The average molecular weight is 439 g/mol. The molecule has 2 heterocycles. The summed E-state index contributed by atoms with van der Waals surface area (Å²) in [7, 11) is 1.88. The number of anilines is 2. The van der Waals surface area contributed by atoms with Gasteiger partial charge in [0.1, 0.15) is 17.8 Å². The van der Waals surface area contributed by atoms with Gasteiger partial charge >= 0.3 is 6.18 Å². The lowest BCUT2D eigenvalue weighted by atomic mass is 10.00. The van der Waals surface area contributed by atoms with Crippen LogP contribution < -0.4 is 11.1 Å². The van der Waals surface area contributed by atoms with Crippen molar-refractivity contribution in [2.24, 2.45) is 7.05 Å². The fraction of sp³-hybridized carbons (Fsp3) is 0.174. The fourth-order valence-corrected chi connectivity index (χ4v) is 3.68. The van der Waals surface area contributed by atoms with Gasteiger partial charge in [-0.25, -0.2) is 9.97 Å². The molecule has 0 aliphatic carbocycles. The van der Waals surface area contributed by atoms with Crippen LogP contribution in [0.15, 0.2) is 55.0 Å².